The Bertz CT molecular complexity index is 2390. The van der Waals surface area contributed by atoms with Crippen molar-refractivity contribution in [1.29, 1.82) is 0 Å². The number of ether oxygens (including phenoxy) is 3. The molecule has 3 heterocycles. The topological polar surface area (TPSA) is 314 Å². The third-order valence-corrected chi connectivity index (χ3v) is 18.1. The van der Waals surface area contributed by atoms with Gasteiger partial charge in [0.05, 0.1) is 56.3 Å². The van der Waals surface area contributed by atoms with Crippen LogP contribution in [-0.2, 0) is 49.4 Å². The van der Waals surface area contributed by atoms with E-state index in [9.17, 15) is 58.5 Å². The Morgan fingerprint density at radius 3 is 1.07 bits per heavy atom. The number of amides is 6. The zero-order valence-electron chi connectivity index (χ0n) is 59.0. The van der Waals surface area contributed by atoms with Gasteiger partial charge in [0.2, 0.25) is 17.7 Å². The zero-order valence-corrected chi connectivity index (χ0v) is 59.8. The summed E-state index contributed by atoms with van der Waals surface area (Å²) in [6, 6.07) is 5.34. The Kier molecular flexibility index (Phi) is 43.6. The lowest BCUT2D eigenvalue weighted by molar-refractivity contribution is -0.126. The SMILES string of the molecule is CC(C)C[C@H](NC(=O)OCCc1cccc(Cl)c1)C(=O)C[C@@H](C[C@@H]1CCNC1=O)C(C)O.CCCCCCCCCCOC(=O)N[C@@H](CC(C)C)C(=O)C[C@@H](C[C@@H]1CCNC1=O)C(C)O.CCCCCCOC(=O)N[C@@H](CC(C)C)C(=O)C[C@@H](C[C@@H]1CCNC1=O)C(C)O. The van der Waals surface area contributed by atoms with Gasteiger partial charge < -0.3 is 61.4 Å². The van der Waals surface area contributed by atoms with E-state index in [2.05, 4.69) is 45.7 Å². The highest BCUT2D eigenvalue weighted by Gasteiger charge is 2.36. The second kappa shape index (κ2) is 48.3. The normalized spacial score (nSPS) is 18.9. The Morgan fingerprint density at radius 1 is 0.479 bits per heavy atom. The lowest BCUT2D eigenvalue weighted by Gasteiger charge is -2.25. The van der Waals surface area contributed by atoms with Crippen molar-refractivity contribution in [2.45, 2.75) is 273 Å². The molecule has 12 atom stereocenters. The van der Waals surface area contributed by atoms with Gasteiger partial charge in [0, 0.05) is 68.1 Å². The predicted octanol–water partition coefficient (Wildman–Crippen LogP) is 11.4. The molecule has 0 radical (unpaired) electrons. The van der Waals surface area contributed by atoms with Crippen LogP contribution in [0.25, 0.3) is 0 Å². The molecule has 9 N–H and O–H groups in total. The Labute approximate surface area is 567 Å². The fourth-order valence-electron chi connectivity index (χ4n) is 12.1. The fraction of sp³-hybridized carbons (Fsp3) is 0.792. The zero-order chi connectivity index (χ0) is 70.1. The van der Waals surface area contributed by atoms with Crippen molar-refractivity contribution < 1.29 is 72.7 Å². The largest absolute Gasteiger partial charge is 0.450 e. The molecule has 0 saturated carbocycles. The van der Waals surface area contributed by atoms with Crippen LogP contribution in [0.4, 0.5) is 14.4 Å². The molecule has 4 rings (SSSR count). The number of aliphatic hydroxyl groups excluding tert-OH is 3. The molecular weight excluding hydrogens is 1220 g/mol. The fourth-order valence-corrected chi connectivity index (χ4v) is 12.3. The summed E-state index contributed by atoms with van der Waals surface area (Å²) in [6.45, 7) is 24.0. The van der Waals surface area contributed by atoms with E-state index in [1.54, 1.807) is 26.8 Å². The molecule has 1 aromatic rings. The number of Topliss-reactive ketones (excluding diaryl/α,β-unsaturated/α-hetero) is 3. The van der Waals surface area contributed by atoms with Gasteiger partial charge >= 0.3 is 18.3 Å². The maximum absolute atomic E-state index is 13.0. The van der Waals surface area contributed by atoms with Gasteiger partial charge in [-0.3, -0.25) is 28.8 Å². The first kappa shape index (κ1) is 84.7. The maximum Gasteiger partial charge on any atom is 0.407 e. The first-order chi connectivity index (χ1) is 44.6. The van der Waals surface area contributed by atoms with E-state index in [1.165, 1.54) is 32.1 Å². The van der Waals surface area contributed by atoms with Crippen LogP contribution in [0, 0.1) is 53.3 Å². The van der Waals surface area contributed by atoms with Crippen LogP contribution < -0.4 is 31.9 Å². The lowest BCUT2D eigenvalue weighted by Crippen LogP contribution is -2.43. The minimum absolute atomic E-state index is 0.00510. The summed E-state index contributed by atoms with van der Waals surface area (Å²) in [5, 5.41) is 47.7. The van der Waals surface area contributed by atoms with Gasteiger partial charge in [-0.15, -0.1) is 0 Å². The van der Waals surface area contributed by atoms with Gasteiger partial charge in [0.15, 0.2) is 17.3 Å². The minimum Gasteiger partial charge on any atom is -0.450 e. The number of halogens is 1. The summed E-state index contributed by atoms with van der Waals surface area (Å²) in [6.07, 6.45) is 15.5. The number of carbonyl (C=O) groups excluding carboxylic acids is 9. The molecule has 3 aliphatic rings. The maximum atomic E-state index is 13.0. The van der Waals surface area contributed by atoms with Gasteiger partial charge in [-0.1, -0.05) is 143 Å². The molecule has 94 heavy (non-hydrogen) atoms. The number of alkyl carbamates (subject to hydrolysis) is 3. The molecule has 3 aliphatic heterocycles. The molecule has 0 aromatic heterocycles. The number of hydrogen-bond acceptors (Lipinski definition) is 15. The van der Waals surface area contributed by atoms with Gasteiger partial charge in [-0.25, -0.2) is 14.4 Å². The number of aliphatic hydroxyl groups is 3. The molecule has 538 valence electrons. The van der Waals surface area contributed by atoms with Crippen LogP contribution in [0.5, 0.6) is 0 Å². The van der Waals surface area contributed by atoms with Crippen LogP contribution >= 0.6 is 11.6 Å². The quantitative estimate of drug-likeness (QED) is 0.0217. The van der Waals surface area contributed by atoms with Crippen molar-refractivity contribution >= 4 is 65.0 Å². The van der Waals surface area contributed by atoms with Crippen LogP contribution in [0.15, 0.2) is 24.3 Å². The van der Waals surface area contributed by atoms with Crippen LogP contribution in [0.3, 0.4) is 0 Å². The van der Waals surface area contributed by atoms with E-state index in [-0.39, 0.29) is 114 Å². The van der Waals surface area contributed by atoms with E-state index < -0.39 is 54.7 Å². The molecule has 3 unspecified atom stereocenters. The number of unbranched alkanes of at least 4 members (excludes halogenated alkanes) is 10. The second-order valence-corrected chi connectivity index (χ2v) is 28.3. The number of ketones is 3. The molecule has 0 spiro atoms. The standard InChI is InChI=1S/C26H48N2O5.C24H35ClN2O5.C22H40N2O5/c1-5-6-7-8-9-10-11-12-15-33-26(32)28-23(16-19(2)3)24(30)18-22(20(4)29)17-21-13-14-27-25(21)31;1-15(2)11-21(27-24(31)32-10-8-17-5-4-6-20(25)12-17)22(29)14-19(16(3)28)13-18-7-9-26-23(18)30;1-5-6-7-8-11-29-22(28)24-19(12-15(2)3)20(26)14-18(16(4)25)13-17-9-10-23-21(17)27/h19-23,29H,5-18H2,1-4H3,(H,27,31)(H,28,32);4-6,12,15-16,18-19,21,28H,7-11,13-14H2,1-3H3,(H,26,30)(H,27,31);15-19,25H,5-14H2,1-4H3,(H,23,27)(H,24,28)/t20?,21-,22+,23-;16?,18-,19+,21-;16?,17-,18+,19-/m000/s1. The van der Waals surface area contributed by atoms with Crippen LogP contribution in [0.2, 0.25) is 5.02 Å². The first-order valence-corrected chi connectivity index (χ1v) is 36.0. The van der Waals surface area contributed by atoms with E-state index in [4.69, 9.17) is 25.8 Å². The highest BCUT2D eigenvalue weighted by atomic mass is 35.5. The summed E-state index contributed by atoms with van der Waals surface area (Å²) in [5.74, 6) is -1.27. The highest BCUT2D eigenvalue weighted by molar-refractivity contribution is 6.30. The smallest absolute Gasteiger partial charge is 0.407 e. The van der Waals surface area contributed by atoms with Crippen molar-refractivity contribution in [3.63, 3.8) is 0 Å². The van der Waals surface area contributed by atoms with E-state index in [0.717, 1.165) is 63.4 Å². The third-order valence-electron chi connectivity index (χ3n) is 17.8. The Hall–Kier alpha value is -5.38. The molecule has 6 amide bonds. The molecule has 21 nitrogen and oxygen atoms in total. The summed E-state index contributed by atoms with van der Waals surface area (Å²) >= 11 is 5.97. The van der Waals surface area contributed by atoms with Crippen molar-refractivity contribution in [2.75, 3.05) is 39.5 Å². The minimum atomic E-state index is -0.725. The summed E-state index contributed by atoms with van der Waals surface area (Å²) in [4.78, 5) is 111. The Balaban J connectivity index is 0.000000481. The molecule has 0 aliphatic carbocycles. The van der Waals surface area contributed by atoms with Crippen LogP contribution in [0.1, 0.15) is 236 Å². The van der Waals surface area contributed by atoms with Gasteiger partial charge in [-0.05, 0) is 145 Å². The van der Waals surface area contributed by atoms with Crippen molar-refractivity contribution in [3.8, 4) is 0 Å². The molecule has 3 saturated heterocycles. The number of nitrogens with one attached hydrogen (secondary N) is 6. The van der Waals surface area contributed by atoms with Gasteiger partial charge in [-0.2, -0.15) is 0 Å². The lowest BCUT2D eigenvalue weighted by atomic mass is 9.84. The monoisotopic (exact) mass is 1350 g/mol. The number of benzene rings is 1. The number of carbonyl (C=O) groups is 9. The second-order valence-electron chi connectivity index (χ2n) is 27.9. The molecule has 1 aromatic carbocycles. The van der Waals surface area contributed by atoms with Gasteiger partial charge in [0.1, 0.15) is 0 Å². The van der Waals surface area contributed by atoms with E-state index >= 15 is 0 Å². The average molecular weight is 1350 g/mol. The average Bonchev–Trinajstić information content (AvgIpc) is 1.71. The third kappa shape index (κ3) is 37.2. The van der Waals surface area contributed by atoms with Crippen LogP contribution in [-0.4, -0.2) is 145 Å². The molecule has 3 fully saturated rings. The summed E-state index contributed by atoms with van der Waals surface area (Å²) in [5.41, 5.74) is 0.954. The highest BCUT2D eigenvalue weighted by Crippen LogP contribution is 2.29. The van der Waals surface area contributed by atoms with Crippen molar-refractivity contribution in [1.82, 2.24) is 31.9 Å². The van der Waals surface area contributed by atoms with Gasteiger partial charge in [0.25, 0.3) is 0 Å². The summed E-state index contributed by atoms with van der Waals surface area (Å²) < 4.78 is 15.8. The molecule has 22 heteroatoms. The number of hydrogen-bond donors (Lipinski definition) is 9. The Morgan fingerprint density at radius 2 is 0.787 bits per heavy atom. The van der Waals surface area contributed by atoms with E-state index in [0.29, 0.717) is 89.2 Å². The molecule has 0 bridgehead atoms. The predicted molar refractivity (Wildman–Crippen MR) is 367 cm³/mol. The first-order valence-electron chi connectivity index (χ1n) is 35.6. The number of rotatable bonds is 44. The molecular formula is C72H123ClN6O15. The summed E-state index contributed by atoms with van der Waals surface area (Å²) in [7, 11) is 0. The van der Waals surface area contributed by atoms with Crippen molar-refractivity contribution in [2.24, 2.45) is 53.3 Å². The van der Waals surface area contributed by atoms with E-state index in [1.807, 2.05) is 59.7 Å². The van der Waals surface area contributed by atoms with Crippen molar-refractivity contribution in [3.05, 3.63) is 34.9 Å².